The fourth-order valence-corrected chi connectivity index (χ4v) is 5.87. The van der Waals surface area contributed by atoms with Crippen molar-refractivity contribution >= 4 is 5.91 Å². The van der Waals surface area contributed by atoms with Crippen molar-refractivity contribution in [1.82, 2.24) is 5.32 Å². The van der Waals surface area contributed by atoms with E-state index in [2.05, 4.69) is 79.8 Å². The van der Waals surface area contributed by atoms with Gasteiger partial charge in [-0.05, 0) is 72.8 Å². The molecule has 4 nitrogen and oxygen atoms in total. The molecule has 4 rings (SSSR count). The lowest BCUT2D eigenvalue weighted by Crippen LogP contribution is -2.40. The van der Waals surface area contributed by atoms with Crippen LogP contribution in [-0.2, 0) is 9.53 Å². The van der Waals surface area contributed by atoms with Crippen molar-refractivity contribution in [2.45, 2.75) is 64.9 Å². The maximum atomic E-state index is 13.3. The molecule has 0 aliphatic carbocycles. The van der Waals surface area contributed by atoms with Gasteiger partial charge in [0.2, 0.25) is 5.91 Å². The van der Waals surface area contributed by atoms with Crippen molar-refractivity contribution in [2.75, 3.05) is 19.8 Å². The van der Waals surface area contributed by atoms with Crippen molar-refractivity contribution in [1.29, 1.82) is 0 Å². The maximum absolute atomic E-state index is 13.3. The Morgan fingerprint density at radius 2 is 1.53 bits per heavy atom. The van der Waals surface area contributed by atoms with Crippen molar-refractivity contribution in [3.05, 3.63) is 102 Å². The molecule has 1 aliphatic heterocycles. The van der Waals surface area contributed by atoms with E-state index >= 15 is 0 Å². The van der Waals surface area contributed by atoms with Crippen LogP contribution in [0.1, 0.15) is 75.5 Å². The van der Waals surface area contributed by atoms with E-state index in [-0.39, 0.29) is 29.3 Å². The number of carbonyl (C=O) groups is 1. The van der Waals surface area contributed by atoms with E-state index in [1.165, 1.54) is 16.7 Å². The highest BCUT2D eigenvalue weighted by Gasteiger charge is 2.39. The van der Waals surface area contributed by atoms with Gasteiger partial charge in [0.15, 0.2) is 0 Å². The first kappa shape index (κ1) is 27.9. The Balaban J connectivity index is 1.44. The molecule has 4 heteroatoms. The molecule has 3 atom stereocenters. The molecule has 1 aliphatic rings. The molecule has 202 valence electrons. The van der Waals surface area contributed by atoms with Gasteiger partial charge in [0.1, 0.15) is 5.75 Å². The van der Waals surface area contributed by atoms with E-state index in [9.17, 15) is 4.79 Å². The average molecular weight is 514 g/mol. The molecule has 1 amide bonds. The molecule has 0 radical (unpaired) electrons. The van der Waals surface area contributed by atoms with Gasteiger partial charge in [-0.2, -0.15) is 0 Å². The second kappa shape index (κ2) is 13.1. The van der Waals surface area contributed by atoms with Crippen LogP contribution in [0.3, 0.4) is 0 Å². The van der Waals surface area contributed by atoms with Gasteiger partial charge in [-0.15, -0.1) is 0 Å². The first-order chi connectivity index (χ1) is 18.3. The SMILES string of the molecule is CC(C)Oc1ccc([C@H](CCNC(=O)C[C@H](c2ccccc2)[C@H]2CCOCC2(C)C)c2ccccc2)cc1. The number of carbonyl (C=O) groups excluding carboxylic acids is 1. The van der Waals surface area contributed by atoms with E-state index in [1.54, 1.807) is 0 Å². The van der Waals surface area contributed by atoms with Gasteiger partial charge in [0.05, 0.1) is 12.7 Å². The summed E-state index contributed by atoms with van der Waals surface area (Å²) in [5, 5.41) is 3.26. The molecule has 1 heterocycles. The van der Waals surface area contributed by atoms with Gasteiger partial charge in [0.25, 0.3) is 0 Å². The van der Waals surface area contributed by atoms with Crippen LogP contribution in [0.2, 0.25) is 0 Å². The molecule has 3 aromatic carbocycles. The highest BCUT2D eigenvalue weighted by molar-refractivity contribution is 5.77. The first-order valence-corrected chi connectivity index (χ1v) is 14.0. The summed E-state index contributed by atoms with van der Waals surface area (Å²) in [6.45, 7) is 10.7. The summed E-state index contributed by atoms with van der Waals surface area (Å²) in [6.07, 6.45) is 2.45. The summed E-state index contributed by atoms with van der Waals surface area (Å²) in [5.74, 6) is 1.77. The van der Waals surface area contributed by atoms with E-state index in [0.717, 1.165) is 31.8 Å². The van der Waals surface area contributed by atoms with Crippen LogP contribution in [0.5, 0.6) is 5.75 Å². The largest absolute Gasteiger partial charge is 0.491 e. The second-order valence-electron chi connectivity index (χ2n) is 11.5. The minimum absolute atomic E-state index is 0.0306. The number of hydrogen-bond acceptors (Lipinski definition) is 3. The Labute approximate surface area is 228 Å². The molecule has 0 aromatic heterocycles. The number of ether oxygens (including phenoxy) is 2. The molecule has 38 heavy (non-hydrogen) atoms. The number of hydrogen-bond donors (Lipinski definition) is 1. The maximum Gasteiger partial charge on any atom is 0.220 e. The Kier molecular flexibility index (Phi) is 9.63. The lowest BCUT2D eigenvalue weighted by atomic mass is 9.66. The summed E-state index contributed by atoms with van der Waals surface area (Å²) in [4.78, 5) is 13.3. The predicted molar refractivity (Wildman–Crippen MR) is 155 cm³/mol. The third-order valence-corrected chi connectivity index (χ3v) is 7.78. The predicted octanol–water partition coefficient (Wildman–Crippen LogP) is 7.35. The quantitative estimate of drug-likeness (QED) is 0.292. The zero-order valence-corrected chi connectivity index (χ0v) is 23.4. The van der Waals surface area contributed by atoms with E-state index in [0.29, 0.717) is 18.9 Å². The Bertz CT molecular complexity index is 1130. The molecular formula is C34H43NO3. The number of rotatable bonds is 11. The fourth-order valence-electron chi connectivity index (χ4n) is 5.87. The second-order valence-corrected chi connectivity index (χ2v) is 11.5. The third-order valence-electron chi connectivity index (χ3n) is 7.78. The summed E-state index contributed by atoms with van der Waals surface area (Å²) in [7, 11) is 0. The summed E-state index contributed by atoms with van der Waals surface area (Å²) < 4.78 is 11.6. The van der Waals surface area contributed by atoms with Crippen LogP contribution in [0.4, 0.5) is 0 Å². The smallest absolute Gasteiger partial charge is 0.220 e. The highest BCUT2D eigenvalue weighted by Crippen LogP contribution is 2.44. The molecule has 1 fully saturated rings. The van der Waals surface area contributed by atoms with Crippen LogP contribution in [0.15, 0.2) is 84.9 Å². The molecular weight excluding hydrogens is 470 g/mol. The highest BCUT2D eigenvalue weighted by atomic mass is 16.5. The van der Waals surface area contributed by atoms with Gasteiger partial charge in [-0.1, -0.05) is 86.6 Å². The van der Waals surface area contributed by atoms with Gasteiger partial charge < -0.3 is 14.8 Å². The molecule has 1 saturated heterocycles. The Hall–Kier alpha value is -3.11. The minimum Gasteiger partial charge on any atom is -0.491 e. The molecule has 0 saturated carbocycles. The van der Waals surface area contributed by atoms with Crippen molar-refractivity contribution < 1.29 is 14.3 Å². The zero-order valence-electron chi connectivity index (χ0n) is 23.4. The molecule has 0 spiro atoms. The van der Waals surface area contributed by atoms with E-state index < -0.39 is 0 Å². The fraction of sp³-hybridized carbons (Fsp3) is 0.441. The van der Waals surface area contributed by atoms with E-state index in [4.69, 9.17) is 9.47 Å². The van der Waals surface area contributed by atoms with Gasteiger partial charge >= 0.3 is 0 Å². The monoisotopic (exact) mass is 513 g/mol. The first-order valence-electron chi connectivity index (χ1n) is 14.0. The summed E-state index contributed by atoms with van der Waals surface area (Å²) >= 11 is 0. The van der Waals surface area contributed by atoms with Gasteiger partial charge in [-0.3, -0.25) is 4.79 Å². The van der Waals surface area contributed by atoms with Crippen molar-refractivity contribution in [3.8, 4) is 5.75 Å². The van der Waals surface area contributed by atoms with Crippen LogP contribution in [-0.4, -0.2) is 31.8 Å². The van der Waals surface area contributed by atoms with Crippen molar-refractivity contribution in [3.63, 3.8) is 0 Å². The number of amides is 1. The van der Waals surface area contributed by atoms with E-state index in [1.807, 2.05) is 38.1 Å². The van der Waals surface area contributed by atoms with Crippen molar-refractivity contribution in [2.24, 2.45) is 11.3 Å². The Morgan fingerprint density at radius 1 is 0.921 bits per heavy atom. The third kappa shape index (κ3) is 7.48. The normalized spacial score (nSPS) is 18.5. The minimum atomic E-state index is 0.0306. The lowest BCUT2D eigenvalue weighted by molar-refractivity contribution is -0.122. The van der Waals surface area contributed by atoms with Crippen LogP contribution < -0.4 is 10.1 Å². The molecule has 0 unspecified atom stereocenters. The molecule has 0 bridgehead atoms. The van der Waals surface area contributed by atoms with Crippen LogP contribution >= 0.6 is 0 Å². The average Bonchev–Trinajstić information content (AvgIpc) is 2.91. The van der Waals surface area contributed by atoms with Crippen LogP contribution in [0.25, 0.3) is 0 Å². The summed E-state index contributed by atoms with van der Waals surface area (Å²) in [5.41, 5.74) is 3.76. The topological polar surface area (TPSA) is 47.6 Å². The summed E-state index contributed by atoms with van der Waals surface area (Å²) in [6, 6.07) is 29.5. The van der Waals surface area contributed by atoms with Crippen LogP contribution in [0, 0.1) is 11.3 Å². The molecule has 3 aromatic rings. The zero-order chi connectivity index (χ0) is 27.0. The van der Waals surface area contributed by atoms with Gasteiger partial charge in [-0.25, -0.2) is 0 Å². The number of benzene rings is 3. The van der Waals surface area contributed by atoms with Gasteiger partial charge in [0, 0.05) is 25.5 Å². The Morgan fingerprint density at radius 3 is 2.13 bits per heavy atom. The standard InChI is InChI=1S/C34H43NO3/c1-25(2)38-29-17-15-28(16-18-29)30(26-11-7-5-8-12-26)19-21-35-33(36)23-31(27-13-9-6-10-14-27)32-20-22-37-24-34(32,3)4/h5-18,25,30-32H,19-24H2,1-4H3,(H,35,36)/t30-,31-,32-/m1/s1. The lowest BCUT2D eigenvalue weighted by Gasteiger charge is -2.43. The number of nitrogens with one attached hydrogen (secondary N) is 1. The molecule has 1 N–H and O–H groups in total.